The number of hydrogen-bond acceptors (Lipinski definition) is 25. The molecule has 17 atom stereocenters. The van der Waals surface area contributed by atoms with Gasteiger partial charge >= 0.3 is 19.8 Å². The molecule has 578 valence electrons. The van der Waals surface area contributed by atoms with E-state index in [1.807, 2.05) is 0 Å². The number of aliphatic hydroxyl groups excluding tert-OH is 9. The summed E-state index contributed by atoms with van der Waals surface area (Å²) in [6, 6.07) is -1.33. The van der Waals surface area contributed by atoms with Crippen LogP contribution in [0.2, 0.25) is 0 Å². The molecule has 13 N–H and O–H groups in total. The highest BCUT2D eigenvalue weighted by molar-refractivity contribution is 7.47. The Morgan fingerprint density at radius 3 is 1.52 bits per heavy atom. The molecule has 3 heterocycles. The number of phosphoric ester groups is 1. The van der Waals surface area contributed by atoms with Crippen LogP contribution in [-0.2, 0) is 70.7 Å². The minimum Gasteiger partial charge on any atom is -0.462 e. The number of allylic oxidation sites excluding steroid dienone is 4. The van der Waals surface area contributed by atoms with Gasteiger partial charge < -0.3 is 105 Å². The number of rotatable bonds is 59. The number of esters is 2. The first-order valence-electron chi connectivity index (χ1n) is 37.1. The summed E-state index contributed by atoms with van der Waals surface area (Å²) in [7, 11) is -4.60. The van der Waals surface area contributed by atoms with Crippen LogP contribution in [0, 0.1) is 0 Å². The van der Waals surface area contributed by atoms with Crippen LogP contribution in [0.4, 0.5) is 0 Å². The fourth-order valence-electron chi connectivity index (χ4n) is 11.8. The van der Waals surface area contributed by atoms with E-state index in [9.17, 15) is 74.6 Å². The van der Waals surface area contributed by atoms with E-state index in [2.05, 4.69) is 54.1 Å². The lowest BCUT2D eigenvalue weighted by molar-refractivity contribution is -0.376. The van der Waals surface area contributed by atoms with Crippen molar-refractivity contribution in [3.63, 3.8) is 0 Å². The Morgan fingerprint density at radius 1 is 0.475 bits per heavy atom. The van der Waals surface area contributed by atoms with Gasteiger partial charge in [0.15, 0.2) is 25.0 Å². The Kier molecular flexibility index (Phi) is 50.3. The maximum atomic E-state index is 13.0. The molecular formula is C70H128N3O25P. The highest BCUT2D eigenvalue weighted by atomic mass is 31.2. The van der Waals surface area contributed by atoms with Crippen molar-refractivity contribution in [1.29, 1.82) is 0 Å². The second-order valence-corrected chi connectivity index (χ2v) is 27.7. The van der Waals surface area contributed by atoms with Crippen LogP contribution in [-0.4, -0.2) is 239 Å². The number of carbonyl (C=O) groups is 4. The van der Waals surface area contributed by atoms with Crippen molar-refractivity contribution < 1.29 is 122 Å². The lowest BCUT2D eigenvalue weighted by atomic mass is 9.95. The largest absolute Gasteiger partial charge is 0.472 e. The van der Waals surface area contributed by atoms with Gasteiger partial charge in [-0.2, -0.15) is 0 Å². The van der Waals surface area contributed by atoms with Crippen LogP contribution in [0.3, 0.4) is 0 Å². The van der Waals surface area contributed by atoms with E-state index in [4.69, 9.17) is 46.9 Å². The summed E-state index contributed by atoms with van der Waals surface area (Å²) in [5.41, 5.74) is 0. The number of hydrogen-bond donors (Lipinski definition) is 13. The normalized spacial score (nSPS) is 26.7. The summed E-state index contributed by atoms with van der Waals surface area (Å²) in [5.74, 6) is -1.80. The van der Waals surface area contributed by atoms with Gasteiger partial charge in [-0.15, -0.1) is 0 Å². The minimum atomic E-state index is -4.60. The predicted octanol–water partition coefficient (Wildman–Crippen LogP) is 5.92. The summed E-state index contributed by atoms with van der Waals surface area (Å²) >= 11 is 0. The van der Waals surface area contributed by atoms with Crippen molar-refractivity contribution in [1.82, 2.24) is 16.0 Å². The van der Waals surface area contributed by atoms with Crippen molar-refractivity contribution in [2.45, 2.75) is 331 Å². The summed E-state index contributed by atoms with van der Waals surface area (Å²) in [5, 5.41) is 103. The quantitative estimate of drug-likeness (QED) is 0.0145. The number of carbonyl (C=O) groups excluding carboxylic acids is 4. The van der Waals surface area contributed by atoms with Gasteiger partial charge in [0.2, 0.25) is 11.8 Å². The Balaban J connectivity index is 1.35. The first-order valence-corrected chi connectivity index (χ1v) is 38.6. The van der Waals surface area contributed by atoms with Crippen molar-refractivity contribution >= 4 is 31.6 Å². The molecule has 3 aliphatic heterocycles. The zero-order valence-corrected chi connectivity index (χ0v) is 60.4. The van der Waals surface area contributed by atoms with E-state index in [0.717, 1.165) is 77.0 Å². The second kappa shape index (κ2) is 55.3. The molecule has 2 amide bonds. The van der Waals surface area contributed by atoms with E-state index in [-0.39, 0.29) is 64.5 Å². The lowest BCUT2D eigenvalue weighted by Gasteiger charge is -2.48. The molecule has 0 aromatic rings. The molecule has 3 fully saturated rings. The first-order chi connectivity index (χ1) is 47.8. The van der Waals surface area contributed by atoms with Gasteiger partial charge in [-0.3, -0.25) is 28.2 Å². The Labute approximate surface area is 587 Å². The predicted molar refractivity (Wildman–Crippen MR) is 367 cm³/mol. The third-order valence-electron chi connectivity index (χ3n) is 17.6. The van der Waals surface area contributed by atoms with Gasteiger partial charge in [0, 0.05) is 39.3 Å². The van der Waals surface area contributed by atoms with Crippen LogP contribution < -0.4 is 16.0 Å². The molecule has 3 rings (SSSR count). The van der Waals surface area contributed by atoms with Gasteiger partial charge in [0.25, 0.3) is 0 Å². The van der Waals surface area contributed by atoms with Crippen molar-refractivity contribution in [2.75, 3.05) is 65.9 Å². The molecule has 29 heteroatoms. The Bertz CT molecular complexity index is 2210. The summed E-state index contributed by atoms with van der Waals surface area (Å²) in [4.78, 5) is 61.2. The molecule has 0 aromatic carbocycles. The molecule has 0 spiro atoms. The topological polar surface area (TPSA) is 416 Å². The number of ether oxygens (including phenoxy) is 8. The van der Waals surface area contributed by atoms with Crippen LogP contribution in [0.15, 0.2) is 24.3 Å². The van der Waals surface area contributed by atoms with Gasteiger partial charge in [-0.25, -0.2) is 4.57 Å². The maximum absolute atomic E-state index is 13.0. The first kappa shape index (κ1) is 90.0. The van der Waals surface area contributed by atoms with E-state index in [1.165, 1.54) is 84.0 Å². The van der Waals surface area contributed by atoms with Crippen molar-refractivity contribution in [2.24, 2.45) is 0 Å². The van der Waals surface area contributed by atoms with E-state index >= 15 is 0 Å². The molecule has 28 nitrogen and oxygen atoms in total. The molecule has 3 saturated heterocycles. The summed E-state index contributed by atoms with van der Waals surface area (Å²) in [6.07, 6.45) is 16.3. The van der Waals surface area contributed by atoms with Gasteiger partial charge in [0.05, 0.1) is 39.6 Å². The van der Waals surface area contributed by atoms with Gasteiger partial charge in [-0.1, -0.05) is 147 Å². The summed E-state index contributed by atoms with van der Waals surface area (Å²) < 4.78 is 68.7. The van der Waals surface area contributed by atoms with E-state index in [1.54, 1.807) is 0 Å². The Hall–Kier alpha value is -3.17. The molecular weight excluding hydrogens is 1310 g/mol. The molecule has 0 bridgehead atoms. The molecule has 0 aromatic heterocycles. The van der Waals surface area contributed by atoms with Crippen LogP contribution >= 0.6 is 7.82 Å². The number of aliphatic hydroxyl groups is 9. The standard InChI is InChI=1S/C70H128N3O25P/c1-4-6-8-10-12-14-16-18-20-22-24-26-28-30-34-39-57(79)90-49-52(93-58(80)40-35-31-29-27-25-23-21-19-17-15-13-11-9-7-5-2)50-92-99(87,88)91-45-43-71-41-36-32-33-38-56(78)72-42-37-44-89-68-59(73-51(3)77)62(83)66(55(48-76)96-68)97-70-65(86)67(61(82)54(47-75)95-70)98-69-64(85)63(84)60(81)53(46-74)94-69/h18-21,52-55,59-71,74-76,81-86H,4-17,22-50H2,1-3H3,(H,72,78)(H,73,77)(H,87,88)/b20-18-,21-19-/t52-,53-,54-,55-,59-,60+,61+,62-,63+,64-,65-,66-,67+,68-,69-,70+/m1/s1. The molecule has 99 heavy (non-hydrogen) atoms. The van der Waals surface area contributed by atoms with E-state index < -0.39 is 150 Å². The molecule has 0 radical (unpaired) electrons. The average molecular weight is 1440 g/mol. The van der Waals surface area contributed by atoms with Crippen molar-refractivity contribution in [3.05, 3.63) is 24.3 Å². The highest BCUT2D eigenvalue weighted by Crippen LogP contribution is 2.43. The highest BCUT2D eigenvalue weighted by Gasteiger charge is 2.54. The van der Waals surface area contributed by atoms with Gasteiger partial charge in [0.1, 0.15) is 79.8 Å². The smallest absolute Gasteiger partial charge is 0.462 e. The zero-order chi connectivity index (χ0) is 72.5. The van der Waals surface area contributed by atoms with E-state index in [0.29, 0.717) is 38.6 Å². The minimum absolute atomic E-state index is 0.0495. The van der Waals surface area contributed by atoms with Crippen molar-refractivity contribution in [3.8, 4) is 0 Å². The van der Waals surface area contributed by atoms with Crippen LogP contribution in [0.25, 0.3) is 0 Å². The SMILES string of the molecule is CCCCCCCC/C=C\CCCCCCCC(=O)OC[C@H](COP(=O)(O)OCCNCCCCCC(=O)NCCCO[C@@H]1O[C@H](CO)[C@@H](O[C@@H]2O[C@H](CO)[C@H](O)[C@H](O[C@H]3O[C@H](CO)[C@H](O)[C@H](O)[C@H]3O)[C@H]2O)[C@H](O)[C@H]1NC(C)=O)OC(=O)CCCCCCC/C=C\CCCCCCCC. The van der Waals surface area contributed by atoms with Gasteiger partial charge in [-0.05, 0) is 90.0 Å². The monoisotopic (exact) mass is 1440 g/mol. The second-order valence-electron chi connectivity index (χ2n) is 26.2. The van der Waals surface area contributed by atoms with Crippen LogP contribution in [0.1, 0.15) is 233 Å². The average Bonchev–Trinajstić information content (AvgIpc) is 0.781. The number of amides is 2. The number of unbranched alkanes of at least 4 members (excludes halogenated alkanes) is 24. The molecule has 0 saturated carbocycles. The zero-order valence-electron chi connectivity index (χ0n) is 59.5. The molecule has 1 unspecified atom stereocenters. The third kappa shape index (κ3) is 39.0. The lowest BCUT2D eigenvalue weighted by Crippen LogP contribution is -2.68. The summed E-state index contributed by atoms with van der Waals surface area (Å²) in [6.45, 7) is 3.00. The molecule has 0 aliphatic carbocycles. The third-order valence-corrected chi connectivity index (χ3v) is 18.6. The fraction of sp³-hybridized carbons (Fsp3) is 0.886. The number of nitrogens with one attached hydrogen (secondary N) is 3. The maximum Gasteiger partial charge on any atom is 0.472 e. The Morgan fingerprint density at radius 2 is 0.960 bits per heavy atom. The molecule has 3 aliphatic rings. The van der Waals surface area contributed by atoms with Crippen LogP contribution in [0.5, 0.6) is 0 Å². The fourth-order valence-corrected chi connectivity index (χ4v) is 12.5. The number of phosphoric acid groups is 1.